The highest BCUT2D eigenvalue weighted by Crippen LogP contribution is 2.39. The summed E-state index contributed by atoms with van der Waals surface area (Å²) in [5.74, 6) is 7.46. The van der Waals surface area contributed by atoms with Crippen molar-refractivity contribution >= 4 is 0 Å². The first-order valence-electron chi connectivity index (χ1n) is 6.05. The van der Waals surface area contributed by atoms with Crippen molar-refractivity contribution in [3.63, 3.8) is 0 Å². The van der Waals surface area contributed by atoms with Gasteiger partial charge in [-0.15, -0.1) is 11.8 Å². The third kappa shape index (κ3) is 3.80. The van der Waals surface area contributed by atoms with Crippen molar-refractivity contribution in [3.05, 3.63) is 17.7 Å². The van der Waals surface area contributed by atoms with Gasteiger partial charge in [0.05, 0.1) is 33.0 Å². The van der Waals surface area contributed by atoms with Gasteiger partial charge in [-0.3, -0.25) is 0 Å². The van der Waals surface area contributed by atoms with Crippen molar-refractivity contribution in [1.29, 1.82) is 0 Å². The summed E-state index contributed by atoms with van der Waals surface area (Å²) in [6, 6.07) is 3.46. The Morgan fingerprint density at radius 3 is 2.11 bits per heavy atom. The van der Waals surface area contributed by atoms with Gasteiger partial charge in [-0.2, -0.15) is 0 Å². The van der Waals surface area contributed by atoms with E-state index in [0.717, 1.165) is 0 Å². The first kappa shape index (κ1) is 15.2. The summed E-state index contributed by atoms with van der Waals surface area (Å²) in [6.45, 7) is 1.78. The molecule has 0 spiro atoms. The molecule has 0 saturated heterocycles. The highest BCUT2D eigenvalue weighted by molar-refractivity contribution is 5.51. The van der Waals surface area contributed by atoms with E-state index in [9.17, 15) is 5.11 Å². The predicted octanol–water partition coefficient (Wildman–Crippen LogP) is 2.55. The fraction of sp³-hybridized carbons (Fsp3) is 0.467. The number of hydrogen-bond acceptors (Lipinski definition) is 4. The maximum Gasteiger partial charge on any atom is 0.132 e. The highest BCUT2D eigenvalue weighted by atomic mass is 16.5. The number of ether oxygens (including phenoxy) is 3. The molecule has 1 N–H and O–H groups in total. The average molecular weight is 264 g/mol. The first-order chi connectivity index (χ1) is 9.17. The van der Waals surface area contributed by atoms with Crippen molar-refractivity contribution in [3.8, 4) is 29.1 Å². The lowest BCUT2D eigenvalue weighted by molar-refractivity contribution is 0.160. The minimum absolute atomic E-state index is 0.528. The van der Waals surface area contributed by atoms with E-state index in [1.54, 1.807) is 40.4 Å². The SMILES string of the molecule is CC#CCCC(O)c1c(OC)cc(OC)cc1OC. The molecule has 0 aliphatic carbocycles. The molecule has 104 valence electrons. The van der Waals surface area contributed by atoms with Crippen LogP contribution in [-0.4, -0.2) is 26.4 Å². The maximum atomic E-state index is 10.3. The summed E-state index contributed by atoms with van der Waals surface area (Å²) in [7, 11) is 4.67. The van der Waals surface area contributed by atoms with Crippen LogP contribution in [0.1, 0.15) is 31.4 Å². The normalized spacial score (nSPS) is 11.2. The van der Waals surface area contributed by atoms with Crippen LogP contribution in [0.4, 0.5) is 0 Å². The molecular formula is C15H20O4. The molecule has 0 aromatic heterocycles. The van der Waals surface area contributed by atoms with E-state index in [2.05, 4.69) is 11.8 Å². The Morgan fingerprint density at radius 2 is 1.68 bits per heavy atom. The summed E-state index contributed by atoms with van der Waals surface area (Å²) in [5.41, 5.74) is 0.628. The summed E-state index contributed by atoms with van der Waals surface area (Å²) >= 11 is 0. The highest BCUT2D eigenvalue weighted by Gasteiger charge is 2.20. The van der Waals surface area contributed by atoms with Crippen molar-refractivity contribution in [2.45, 2.75) is 25.9 Å². The van der Waals surface area contributed by atoms with Gasteiger partial charge in [0, 0.05) is 18.6 Å². The maximum absolute atomic E-state index is 10.3. The van der Waals surface area contributed by atoms with Gasteiger partial charge >= 0.3 is 0 Å². The van der Waals surface area contributed by atoms with Crippen LogP contribution < -0.4 is 14.2 Å². The van der Waals surface area contributed by atoms with Crippen molar-refractivity contribution < 1.29 is 19.3 Å². The van der Waals surface area contributed by atoms with Gasteiger partial charge < -0.3 is 19.3 Å². The zero-order valence-corrected chi connectivity index (χ0v) is 11.8. The second-order valence-corrected chi connectivity index (χ2v) is 3.93. The van der Waals surface area contributed by atoms with E-state index >= 15 is 0 Å². The van der Waals surface area contributed by atoms with Gasteiger partial charge in [0.25, 0.3) is 0 Å². The van der Waals surface area contributed by atoms with Crippen molar-refractivity contribution in [2.75, 3.05) is 21.3 Å². The Kier molecular flexibility index (Phi) is 6.04. The zero-order chi connectivity index (χ0) is 14.3. The molecule has 19 heavy (non-hydrogen) atoms. The van der Waals surface area contributed by atoms with Gasteiger partial charge in [0.1, 0.15) is 17.2 Å². The minimum atomic E-state index is -0.684. The number of rotatable bonds is 6. The van der Waals surface area contributed by atoms with Gasteiger partial charge in [-0.05, 0) is 13.3 Å². The van der Waals surface area contributed by atoms with Crippen LogP contribution in [0.2, 0.25) is 0 Å². The van der Waals surface area contributed by atoms with Crippen LogP contribution >= 0.6 is 0 Å². The number of benzene rings is 1. The topological polar surface area (TPSA) is 47.9 Å². The lowest BCUT2D eigenvalue weighted by Crippen LogP contribution is -2.04. The Hall–Kier alpha value is -1.86. The summed E-state index contributed by atoms with van der Waals surface area (Å²) in [5, 5.41) is 10.3. The first-order valence-corrected chi connectivity index (χ1v) is 6.05. The van der Waals surface area contributed by atoms with Gasteiger partial charge in [-0.1, -0.05) is 0 Å². The lowest BCUT2D eigenvalue weighted by atomic mass is 10.0. The average Bonchev–Trinajstić information content (AvgIpc) is 2.45. The Labute approximate surface area is 114 Å². The molecule has 1 aromatic carbocycles. The third-order valence-electron chi connectivity index (χ3n) is 2.81. The molecule has 0 aliphatic heterocycles. The molecule has 0 fully saturated rings. The molecule has 0 saturated carbocycles. The van der Waals surface area contributed by atoms with E-state index in [-0.39, 0.29) is 0 Å². The number of hydrogen-bond donors (Lipinski definition) is 1. The molecule has 1 aromatic rings. The zero-order valence-electron chi connectivity index (χ0n) is 11.8. The smallest absolute Gasteiger partial charge is 0.132 e. The Bertz CT molecular complexity index is 446. The molecule has 1 rings (SSSR count). The largest absolute Gasteiger partial charge is 0.496 e. The van der Waals surface area contributed by atoms with Gasteiger partial charge in [-0.25, -0.2) is 0 Å². The van der Waals surface area contributed by atoms with E-state index in [4.69, 9.17) is 14.2 Å². The molecule has 0 heterocycles. The number of aliphatic hydroxyl groups is 1. The summed E-state index contributed by atoms with van der Waals surface area (Å²) in [4.78, 5) is 0. The molecule has 0 amide bonds. The Balaban J connectivity index is 3.10. The van der Waals surface area contributed by atoms with Crippen LogP contribution in [0.25, 0.3) is 0 Å². The monoisotopic (exact) mass is 264 g/mol. The molecule has 1 unspecified atom stereocenters. The van der Waals surface area contributed by atoms with E-state index in [1.165, 1.54) is 0 Å². The molecule has 4 nitrogen and oxygen atoms in total. The van der Waals surface area contributed by atoms with Crippen LogP contribution in [0.5, 0.6) is 17.2 Å². The van der Waals surface area contributed by atoms with E-state index in [0.29, 0.717) is 35.7 Å². The molecule has 1 atom stereocenters. The lowest BCUT2D eigenvalue weighted by Gasteiger charge is -2.18. The second-order valence-electron chi connectivity index (χ2n) is 3.93. The number of aliphatic hydroxyl groups excluding tert-OH is 1. The second kappa shape index (κ2) is 7.55. The van der Waals surface area contributed by atoms with Crippen molar-refractivity contribution in [2.24, 2.45) is 0 Å². The van der Waals surface area contributed by atoms with Crippen LogP contribution in [0.3, 0.4) is 0 Å². The summed E-state index contributed by atoms with van der Waals surface area (Å²) in [6.07, 6.45) is 0.465. The third-order valence-corrected chi connectivity index (χ3v) is 2.81. The fourth-order valence-electron chi connectivity index (χ4n) is 1.84. The van der Waals surface area contributed by atoms with E-state index < -0.39 is 6.10 Å². The van der Waals surface area contributed by atoms with E-state index in [1.807, 2.05) is 0 Å². The van der Waals surface area contributed by atoms with Crippen LogP contribution in [0.15, 0.2) is 12.1 Å². The molecule has 0 bridgehead atoms. The van der Waals surface area contributed by atoms with Crippen LogP contribution in [0, 0.1) is 11.8 Å². The molecule has 4 heteroatoms. The molecule has 0 aliphatic rings. The van der Waals surface area contributed by atoms with Crippen LogP contribution in [-0.2, 0) is 0 Å². The van der Waals surface area contributed by atoms with Gasteiger partial charge in [0.2, 0.25) is 0 Å². The predicted molar refractivity (Wildman–Crippen MR) is 73.7 cm³/mol. The Morgan fingerprint density at radius 1 is 1.11 bits per heavy atom. The molecule has 0 radical (unpaired) electrons. The van der Waals surface area contributed by atoms with Gasteiger partial charge in [0.15, 0.2) is 0 Å². The summed E-state index contributed by atoms with van der Waals surface area (Å²) < 4.78 is 15.8. The fourth-order valence-corrected chi connectivity index (χ4v) is 1.84. The van der Waals surface area contributed by atoms with Crippen molar-refractivity contribution in [1.82, 2.24) is 0 Å². The standard InChI is InChI=1S/C15H20O4/c1-5-6-7-8-12(16)15-13(18-3)9-11(17-2)10-14(15)19-4/h9-10,12,16H,7-8H2,1-4H3. The number of methoxy groups -OCH3 is 3. The quantitative estimate of drug-likeness (QED) is 0.802. The minimum Gasteiger partial charge on any atom is -0.496 e. The molecular weight excluding hydrogens is 244 g/mol.